The van der Waals surface area contributed by atoms with E-state index in [1.54, 1.807) is 18.3 Å². The van der Waals surface area contributed by atoms with Crippen LogP contribution in [0.15, 0.2) is 71.0 Å². The standard InChI is InChI=1S/C20H18N4O3S/c1-13(2)14-3-5-15(6-4-14)23-20(25)17-11-16(24(26)27)7-8-18(17)28-19-9-10-21-12-22-19/h3-13H,1-2H3,(H,23,25). The molecule has 142 valence electrons. The molecule has 0 bridgehead atoms. The highest BCUT2D eigenvalue weighted by atomic mass is 32.2. The van der Waals surface area contributed by atoms with Crippen molar-refractivity contribution in [1.29, 1.82) is 0 Å². The third kappa shape index (κ3) is 4.72. The van der Waals surface area contributed by atoms with Crippen molar-refractivity contribution in [1.82, 2.24) is 9.97 Å². The van der Waals surface area contributed by atoms with Crippen molar-refractivity contribution < 1.29 is 9.72 Å². The number of carbonyl (C=O) groups excluding carboxylic acids is 1. The topological polar surface area (TPSA) is 98.0 Å². The van der Waals surface area contributed by atoms with E-state index in [1.807, 2.05) is 24.3 Å². The van der Waals surface area contributed by atoms with Crippen molar-refractivity contribution in [2.75, 3.05) is 5.32 Å². The number of nitro benzene ring substituents is 1. The molecule has 0 radical (unpaired) electrons. The lowest BCUT2D eigenvalue weighted by molar-refractivity contribution is -0.384. The first-order valence-corrected chi connectivity index (χ1v) is 9.39. The molecule has 0 saturated heterocycles. The molecular weight excluding hydrogens is 376 g/mol. The zero-order valence-corrected chi connectivity index (χ0v) is 16.1. The summed E-state index contributed by atoms with van der Waals surface area (Å²) in [4.78, 5) is 32.0. The normalized spacial score (nSPS) is 10.7. The summed E-state index contributed by atoms with van der Waals surface area (Å²) in [6.45, 7) is 4.18. The largest absolute Gasteiger partial charge is 0.322 e. The van der Waals surface area contributed by atoms with Crippen LogP contribution in [-0.2, 0) is 0 Å². The van der Waals surface area contributed by atoms with E-state index in [0.29, 0.717) is 21.5 Å². The molecule has 8 heteroatoms. The van der Waals surface area contributed by atoms with E-state index in [4.69, 9.17) is 0 Å². The van der Waals surface area contributed by atoms with Gasteiger partial charge in [0.15, 0.2) is 0 Å². The van der Waals surface area contributed by atoms with Crippen LogP contribution in [0.1, 0.15) is 35.7 Å². The first-order valence-electron chi connectivity index (χ1n) is 8.57. The number of hydrogen-bond acceptors (Lipinski definition) is 6. The van der Waals surface area contributed by atoms with Gasteiger partial charge in [-0.25, -0.2) is 9.97 Å². The van der Waals surface area contributed by atoms with E-state index in [-0.39, 0.29) is 11.3 Å². The molecule has 3 aromatic rings. The maximum absolute atomic E-state index is 12.8. The molecule has 0 aliphatic rings. The van der Waals surface area contributed by atoms with Gasteiger partial charge in [0.05, 0.1) is 10.5 Å². The van der Waals surface area contributed by atoms with Gasteiger partial charge in [0.25, 0.3) is 11.6 Å². The summed E-state index contributed by atoms with van der Waals surface area (Å²) < 4.78 is 0. The van der Waals surface area contributed by atoms with Gasteiger partial charge in [-0.05, 0) is 35.7 Å². The molecule has 2 aromatic carbocycles. The Hall–Kier alpha value is -3.26. The Morgan fingerprint density at radius 3 is 2.50 bits per heavy atom. The first-order chi connectivity index (χ1) is 13.4. The molecule has 0 spiro atoms. The summed E-state index contributed by atoms with van der Waals surface area (Å²) in [7, 11) is 0. The monoisotopic (exact) mass is 394 g/mol. The number of nitrogens with zero attached hydrogens (tertiary/aromatic N) is 3. The zero-order chi connectivity index (χ0) is 20.1. The predicted octanol–water partition coefficient (Wildman–Crippen LogP) is 4.91. The molecule has 1 heterocycles. The van der Waals surface area contributed by atoms with Crippen molar-refractivity contribution in [3.63, 3.8) is 0 Å². The van der Waals surface area contributed by atoms with E-state index >= 15 is 0 Å². The third-order valence-corrected chi connectivity index (χ3v) is 5.05. The molecule has 0 aliphatic carbocycles. The molecule has 0 aliphatic heterocycles. The number of carbonyl (C=O) groups is 1. The first kappa shape index (κ1) is 19.5. The van der Waals surface area contributed by atoms with Crippen LogP contribution < -0.4 is 5.32 Å². The van der Waals surface area contributed by atoms with E-state index in [9.17, 15) is 14.9 Å². The lowest BCUT2D eigenvalue weighted by Crippen LogP contribution is -2.13. The van der Waals surface area contributed by atoms with Crippen molar-refractivity contribution in [3.05, 3.63) is 82.3 Å². The number of nitro groups is 1. The van der Waals surface area contributed by atoms with E-state index in [2.05, 4.69) is 29.1 Å². The van der Waals surface area contributed by atoms with Gasteiger partial charge in [-0.1, -0.05) is 37.7 Å². The number of aromatic nitrogens is 2. The minimum Gasteiger partial charge on any atom is -0.322 e. The quantitative estimate of drug-likeness (QED) is 0.362. The summed E-state index contributed by atoms with van der Waals surface area (Å²) in [6, 6.07) is 13.5. The highest BCUT2D eigenvalue weighted by Crippen LogP contribution is 2.32. The van der Waals surface area contributed by atoms with Gasteiger partial charge in [0.2, 0.25) is 0 Å². The van der Waals surface area contributed by atoms with Crippen LogP contribution in [-0.4, -0.2) is 20.8 Å². The fourth-order valence-electron chi connectivity index (χ4n) is 2.50. The highest BCUT2D eigenvalue weighted by molar-refractivity contribution is 7.99. The fourth-order valence-corrected chi connectivity index (χ4v) is 3.35. The maximum atomic E-state index is 12.8. The Morgan fingerprint density at radius 2 is 1.89 bits per heavy atom. The van der Waals surface area contributed by atoms with E-state index in [1.165, 1.54) is 30.2 Å². The number of amides is 1. The third-order valence-electron chi connectivity index (χ3n) is 4.02. The van der Waals surface area contributed by atoms with Crippen molar-refractivity contribution in [3.8, 4) is 0 Å². The van der Waals surface area contributed by atoms with Crippen molar-refractivity contribution in [2.24, 2.45) is 0 Å². The van der Waals surface area contributed by atoms with E-state index in [0.717, 1.165) is 5.56 Å². The molecule has 0 saturated carbocycles. The molecule has 1 N–H and O–H groups in total. The molecule has 3 rings (SSSR count). The van der Waals surface area contributed by atoms with Gasteiger partial charge in [-0.2, -0.15) is 0 Å². The number of non-ortho nitro benzene ring substituents is 1. The minimum atomic E-state index is -0.520. The summed E-state index contributed by atoms with van der Waals surface area (Å²) in [5, 5.41) is 14.6. The lowest BCUT2D eigenvalue weighted by Gasteiger charge is -2.11. The summed E-state index contributed by atoms with van der Waals surface area (Å²) >= 11 is 1.25. The summed E-state index contributed by atoms with van der Waals surface area (Å²) in [5.74, 6) is -0.0325. The predicted molar refractivity (Wildman–Crippen MR) is 108 cm³/mol. The Labute approximate surface area is 166 Å². The average molecular weight is 394 g/mol. The molecular formula is C20H18N4O3S. The molecule has 0 atom stereocenters. The Balaban J connectivity index is 1.89. The van der Waals surface area contributed by atoms with Gasteiger partial charge in [-0.3, -0.25) is 14.9 Å². The van der Waals surface area contributed by atoms with Crippen LogP contribution in [0, 0.1) is 10.1 Å². The van der Waals surface area contributed by atoms with Crippen LogP contribution >= 0.6 is 11.8 Å². The Bertz CT molecular complexity index is 992. The molecule has 1 aromatic heterocycles. The number of hydrogen-bond donors (Lipinski definition) is 1. The average Bonchev–Trinajstić information content (AvgIpc) is 2.69. The smallest absolute Gasteiger partial charge is 0.270 e. The Morgan fingerprint density at radius 1 is 1.14 bits per heavy atom. The van der Waals surface area contributed by atoms with Crippen LogP contribution in [0.5, 0.6) is 0 Å². The molecule has 28 heavy (non-hydrogen) atoms. The second-order valence-corrected chi connectivity index (χ2v) is 7.38. The van der Waals surface area contributed by atoms with E-state index < -0.39 is 10.8 Å². The van der Waals surface area contributed by atoms with Gasteiger partial charge in [0.1, 0.15) is 11.4 Å². The lowest BCUT2D eigenvalue weighted by atomic mass is 10.0. The summed E-state index contributed by atoms with van der Waals surface area (Å²) in [6.07, 6.45) is 3.00. The van der Waals surface area contributed by atoms with Crippen molar-refractivity contribution >= 4 is 29.0 Å². The second kappa shape index (κ2) is 8.62. The van der Waals surface area contributed by atoms with Gasteiger partial charge in [0, 0.05) is 28.9 Å². The highest BCUT2D eigenvalue weighted by Gasteiger charge is 2.18. The van der Waals surface area contributed by atoms with Gasteiger partial charge in [-0.15, -0.1) is 0 Å². The maximum Gasteiger partial charge on any atom is 0.270 e. The van der Waals surface area contributed by atoms with Crippen molar-refractivity contribution in [2.45, 2.75) is 29.7 Å². The molecule has 7 nitrogen and oxygen atoms in total. The van der Waals surface area contributed by atoms with Crippen LogP contribution in [0.4, 0.5) is 11.4 Å². The van der Waals surface area contributed by atoms with Gasteiger partial charge >= 0.3 is 0 Å². The number of nitrogens with one attached hydrogen (secondary N) is 1. The van der Waals surface area contributed by atoms with Gasteiger partial charge < -0.3 is 5.32 Å². The SMILES string of the molecule is CC(C)c1ccc(NC(=O)c2cc([N+](=O)[O-])ccc2Sc2ccncn2)cc1. The molecule has 0 unspecified atom stereocenters. The second-order valence-electron chi connectivity index (χ2n) is 6.32. The zero-order valence-electron chi connectivity index (χ0n) is 15.3. The number of benzene rings is 2. The molecule has 1 amide bonds. The minimum absolute atomic E-state index is 0.146. The van der Waals surface area contributed by atoms with Crippen LogP contribution in [0.25, 0.3) is 0 Å². The Kier molecular flexibility index (Phi) is 6.00. The molecule has 0 fully saturated rings. The van der Waals surface area contributed by atoms with Crippen LogP contribution in [0.3, 0.4) is 0 Å². The van der Waals surface area contributed by atoms with Crippen LogP contribution in [0.2, 0.25) is 0 Å². The number of anilines is 1. The summed E-state index contributed by atoms with van der Waals surface area (Å²) in [5.41, 5.74) is 1.85. The number of rotatable bonds is 6. The fraction of sp³-hybridized carbons (Fsp3) is 0.150.